The monoisotopic (exact) mass is 301 g/mol. The lowest BCUT2D eigenvalue weighted by Crippen LogP contribution is -2.44. The Labute approximate surface area is 132 Å². The molecule has 1 aromatic carbocycles. The number of anilines is 1. The lowest BCUT2D eigenvalue weighted by atomic mass is 10.2. The van der Waals surface area contributed by atoms with Crippen LogP contribution in [0.15, 0.2) is 18.2 Å². The van der Waals surface area contributed by atoms with Crippen LogP contribution in [0.1, 0.15) is 19.7 Å². The van der Waals surface area contributed by atoms with Gasteiger partial charge in [-0.25, -0.2) is 4.98 Å². The number of para-hydroxylation sites is 1. The van der Waals surface area contributed by atoms with Crippen LogP contribution in [0.3, 0.4) is 0 Å². The van der Waals surface area contributed by atoms with Crippen LogP contribution in [-0.4, -0.2) is 54.2 Å². The molecule has 2 aromatic rings. The van der Waals surface area contributed by atoms with Gasteiger partial charge in [-0.15, -0.1) is 0 Å². The lowest BCUT2D eigenvalue weighted by Gasteiger charge is -2.34. The minimum absolute atomic E-state index is 0.835. The van der Waals surface area contributed by atoms with Gasteiger partial charge in [0.15, 0.2) is 0 Å². The number of fused-ring (bicyclic) bond motifs is 1. The van der Waals surface area contributed by atoms with Crippen LogP contribution in [0.2, 0.25) is 0 Å². The molecular weight excluding hydrogens is 274 g/mol. The van der Waals surface area contributed by atoms with E-state index in [0.29, 0.717) is 0 Å². The fourth-order valence-corrected chi connectivity index (χ4v) is 3.23. The highest BCUT2D eigenvalue weighted by Gasteiger charge is 2.19. The van der Waals surface area contributed by atoms with E-state index in [9.17, 15) is 0 Å². The molecule has 0 bridgehead atoms. The molecule has 0 aliphatic carbocycles. The summed E-state index contributed by atoms with van der Waals surface area (Å²) in [6.07, 6.45) is 0. The largest absolute Gasteiger partial charge is 0.367 e. The standard InChI is InChI=1S/C17H27N5/c1-4-18-13-16-19-14-7-6-8-15(17(14)22(16)5-2)21-11-9-20(3)10-12-21/h6-8,18H,4-5,9-13H2,1-3H3. The summed E-state index contributed by atoms with van der Waals surface area (Å²) in [6.45, 7) is 11.5. The molecule has 0 radical (unpaired) electrons. The van der Waals surface area contributed by atoms with Gasteiger partial charge in [0.25, 0.3) is 0 Å². The third kappa shape index (κ3) is 2.83. The minimum atomic E-state index is 0.835. The van der Waals surface area contributed by atoms with E-state index in [1.807, 2.05) is 0 Å². The van der Waals surface area contributed by atoms with Crippen molar-refractivity contribution in [2.24, 2.45) is 0 Å². The van der Waals surface area contributed by atoms with Crippen LogP contribution >= 0.6 is 0 Å². The third-order valence-electron chi connectivity index (χ3n) is 4.52. The zero-order valence-corrected chi connectivity index (χ0v) is 14.0. The molecule has 1 aliphatic rings. The number of likely N-dealkylation sites (N-methyl/N-ethyl adjacent to an activating group) is 1. The lowest BCUT2D eigenvalue weighted by molar-refractivity contribution is 0.313. The molecule has 1 aliphatic heterocycles. The Morgan fingerprint density at radius 2 is 1.91 bits per heavy atom. The first-order valence-electron chi connectivity index (χ1n) is 8.37. The molecule has 1 fully saturated rings. The maximum absolute atomic E-state index is 4.85. The van der Waals surface area contributed by atoms with Crippen molar-refractivity contribution >= 4 is 16.7 Å². The van der Waals surface area contributed by atoms with Crippen molar-refractivity contribution in [3.8, 4) is 0 Å². The molecule has 0 atom stereocenters. The van der Waals surface area contributed by atoms with Gasteiger partial charge in [0, 0.05) is 32.7 Å². The van der Waals surface area contributed by atoms with Crippen LogP contribution in [0.25, 0.3) is 11.0 Å². The normalized spacial score (nSPS) is 16.6. The topological polar surface area (TPSA) is 36.3 Å². The molecule has 120 valence electrons. The predicted molar refractivity (Wildman–Crippen MR) is 92.5 cm³/mol. The van der Waals surface area contributed by atoms with Crippen molar-refractivity contribution < 1.29 is 0 Å². The minimum Gasteiger partial charge on any atom is -0.367 e. The van der Waals surface area contributed by atoms with E-state index >= 15 is 0 Å². The molecule has 3 rings (SSSR count). The number of aryl methyl sites for hydroxylation is 1. The van der Waals surface area contributed by atoms with Crippen LogP contribution < -0.4 is 10.2 Å². The molecule has 0 spiro atoms. The zero-order valence-electron chi connectivity index (χ0n) is 14.0. The van der Waals surface area contributed by atoms with Crippen LogP contribution in [-0.2, 0) is 13.1 Å². The Morgan fingerprint density at radius 3 is 2.59 bits per heavy atom. The quantitative estimate of drug-likeness (QED) is 0.915. The van der Waals surface area contributed by atoms with Gasteiger partial charge in [0.2, 0.25) is 0 Å². The number of nitrogens with zero attached hydrogens (tertiary/aromatic N) is 4. The van der Waals surface area contributed by atoms with E-state index in [2.05, 4.69) is 58.8 Å². The van der Waals surface area contributed by atoms with Crippen molar-refractivity contribution in [3.63, 3.8) is 0 Å². The fraction of sp³-hybridized carbons (Fsp3) is 0.588. The summed E-state index contributed by atoms with van der Waals surface area (Å²) in [5, 5.41) is 3.40. The number of benzene rings is 1. The summed E-state index contributed by atoms with van der Waals surface area (Å²) in [7, 11) is 2.20. The molecule has 22 heavy (non-hydrogen) atoms. The number of hydrogen-bond donors (Lipinski definition) is 1. The van der Waals surface area contributed by atoms with E-state index in [1.165, 1.54) is 11.2 Å². The maximum atomic E-state index is 4.85. The first kappa shape index (κ1) is 15.3. The number of imidazole rings is 1. The predicted octanol–water partition coefficient (Wildman–Crippen LogP) is 1.92. The fourth-order valence-electron chi connectivity index (χ4n) is 3.23. The number of rotatable bonds is 5. The van der Waals surface area contributed by atoms with Gasteiger partial charge in [-0.05, 0) is 32.6 Å². The summed E-state index contributed by atoms with van der Waals surface area (Å²) in [6, 6.07) is 6.52. The van der Waals surface area contributed by atoms with Gasteiger partial charge in [-0.2, -0.15) is 0 Å². The number of aromatic nitrogens is 2. The SMILES string of the molecule is CCNCc1nc2cccc(N3CCN(C)CC3)c2n1CC. The van der Waals surface area contributed by atoms with E-state index < -0.39 is 0 Å². The number of nitrogens with one attached hydrogen (secondary N) is 1. The molecular formula is C17H27N5. The van der Waals surface area contributed by atoms with Gasteiger partial charge in [0.05, 0.1) is 23.3 Å². The van der Waals surface area contributed by atoms with Crippen molar-refractivity contribution in [2.75, 3.05) is 44.7 Å². The molecule has 5 heteroatoms. The Balaban J connectivity index is 2.01. The number of hydrogen-bond acceptors (Lipinski definition) is 4. The summed E-state index contributed by atoms with van der Waals surface area (Å²) in [5.41, 5.74) is 3.75. The zero-order chi connectivity index (χ0) is 15.5. The molecule has 1 N–H and O–H groups in total. The first-order valence-corrected chi connectivity index (χ1v) is 8.37. The highest BCUT2D eigenvalue weighted by Crippen LogP contribution is 2.28. The van der Waals surface area contributed by atoms with Gasteiger partial charge >= 0.3 is 0 Å². The summed E-state index contributed by atoms with van der Waals surface area (Å²) < 4.78 is 2.37. The van der Waals surface area contributed by atoms with Gasteiger partial charge in [0.1, 0.15) is 5.82 Å². The van der Waals surface area contributed by atoms with Crippen molar-refractivity contribution in [1.29, 1.82) is 0 Å². The number of piperazine rings is 1. The van der Waals surface area contributed by atoms with Gasteiger partial charge in [-0.3, -0.25) is 0 Å². The smallest absolute Gasteiger partial charge is 0.123 e. The third-order valence-corrected chi connectivity index (χ3v) is 4.52. The Hall–Kier alpha value is -1.59. The average molecular weight is 301 g/mol. The first-order chi connectivity index (χ1) is 10.7. The highest BCUT2D eigenvalue weighted by molar-refractivity contribution is 5.89. The second-order valence-electron chi connectivity index (χ2n) is 5.99. The van der Waals surface area contributed by atoms with E-state index in [4.69, 9.17) is 4.98 Å². The maximum Gasteiger partial charge on any atom is 0.123 e. The van der Waals surface area contributed by atoms with E-state index in [1.54, 1.807) is 0 Å². The summed E-state index contributed by atoms with van der Waals surface area (Å²) in [5.74, 6) is 1.14. The summed E-state index contributed by atoms with van der Waals surface area (Å²) in [4.78, 5) is 9.76. The molecule has 2 heterocycles. The summed E-state index contributed by atoms with van der Waals surface area (Å²) >= 11 is 0. The Bertz CT molecular complexity index is 625. The van der Waals surface area contributed by atoms with Crippen LogP contribution in [0, 0.1) is 0 Å². The van der Waals surface area contributed by atoms with Crippen molar-refractivity contribution in [3.05, 3.63) is 24.0 Å². The van der Waals surface area contributed by atoms with Crippen LogP contribution in [0.4, 0.5) is 5.69 Å². The van der Waals surface area contributed by atoms with Gasteiger partial charge in [-0.1, -0.05) is 13.0 Å². The van der Waals surface area contributed by atoms with E-state index in [0.717, 1.165) is 57.2 Å². The Morgan fingerprint density at radius 1 is 1.14 bits per heavy atom. The molecule has 0 saturated carbocycles. The Kier molecular flexibility index (Phi) is 4.64. The highest BCUT2D eigenvalue weighted by atomic mass is 15.3. The average Bonchev–Trinajstić information content (AvgIpc) is 2.91. The molecule has 1 saturated heterocycles. The van der Waals surface area contributed by atoms with Crippen LogP contribution in [0.5, 0.6) is 0 Å². The molecule has 0 unspecified atom stereocenters. The molecule has 5 nitrogen and oxygen atoms in total. The van der Waals surface area contributed by atoms with Crippen molar-refractivity contribution in [1.82, 2.24) is 19.8 Å². The molecule has 1 aromatic heterocycles. The van der Waals surface area contributed by atoms with Crippen molar-refractivity contribution in [2.45, 2.75) is 26.9 Å². The second-order valence-corrected chi connectivity index (χ2v) is 5.99. The van der Waals surface area contributed by atoms with E-state index in [-0.39, 0.29) is 0 Å². The second kappa shape index (κ2) is 6.67. The molecule has 0 amide bonds. The van der Waals surface area contributed by atoms with Gasteiger partial charge < -0.3 is 19.7 Å².